The first-order chi connectivity index (χ1) is 12.3. The van der Waals surface area contributed by atoms with Gasteiger partial charge in [0.1, 0.15) is 11.5 Å². The highest BCUT2D eigenvalue weighted by Crippen LogP contribution is 2.50. The normalized spacial score (nSPS) is 22.4. The summed E-state index contributed by atoms with van der Waals surface area (Å²) in [4.78, 5) is 21.4. The molecule has 1 atom stereocenters. The van der Waals surface area contributed by atoms with Gasteiger partial charge in [-0.15, -0.1) is 0 Å². The summed E-state index contributed by atoms with van der Waals surface area (Å²) >= 11 is 5.79. The van der Waals surface area contributed by atoms with Crippen molar-refractivity contribution >= 4 is 17.5 Å². The van der Waals surface area contributed by atoms with Gasteiger partial charge in [-0.2, -0.15) is 10.4 Å². The van der Waals surface area contributed by atoms with Gasteiger partial charge in [0, 0.05) is 37.5 Å². The third-order valence-corrected chi connectivity index (χ3v) is 4.99. The van der Waals surface area contributed by atoms with E-state index in [1.165, 1.54) is 11.1 Å². The van der Waals surface area contributed by atoms with Crippen LogP contribution >= 0.6 is 11.6 Å². The molecule has 0 aromatic carbocycles. The van der Waals surface area contributed by atoms with Gasteiger partial charge in [0.15, 0.2) is 0 Å². The third-order valence-electron chi connectivity index (χ3n) is 4.80. The maximum absolute atomic E-state index is 13.1. The Hall–Kier alpha value is -2.60. The number of hydrogen-bond acceptors (Lipinski definition) is 5. The van der Waals surface area contributed by atoms with E-state index in [0.29, 0.717) is 11.3 Å². The smallest absolute Gasteiger partial charge is 0.260 e. The summed E-state index contributed by atoms with van der Waals surface area (Å²) in [6.45, 7) is 0.356. The fraction of sp³-hybridized carbons (Fsp3) is 0.438. The second-order valence-corrected chi connectivity index (χ2v) is 6.99. The lowest BCUT2D eigenvalue weighted by Crippen LogP contribution is -2.64. The van der Waals surface area contributed by atoms with Gasteiger partial charge in [-0.1, -0.05) is 0 Å². The van der Waals surface area contributed by atoms with Crippen LogP contribution in [0.15, 0.2) is 24.7 Å². The summed E-state index contributed by atoms with van der Waals surface area (Å²) in [6.07, 6.45) is 4.53. The van der Waals surface area contributed by atoms with Crippen LogP contribution in [0, 0.1) is 17.2 Å². The molecule has 2 fully saturated rings. The Morgan fingerprint density at radius 3 is 2.81 bits per heavy atom. The summed E-state index contributed by atoms with van der Waals surface area (Å²) in [5.41, 5.74) is 0.544. The van der Waals surface area contributed by atoms with E-state index >= 15 is 0 Å². The van der Waals surface area contributed by atoms with Crippen molar-refractivity contribution in [2.45, 2.75) is 24.3 Å². The van der Waals surface area contributed by atoms with Crippen LogP contribution in [0.4, 0.5) is 8.78 Å². The Kier molecular flexibility index (Phi) is 3.70. The number of nitrogens with zero attached hydrogens (tertiary/aromatic N) is 6. The van der Waals surface area contributed by atoms with Crippen LogP contribution < -0.4 is 0 Å². The summed E-state index contributed by atoms with van der Waals surface area (Å²) < 4.78 is 27.8. The highest BCUT2D eigenvalue weighted by Gasteiger charge is 2.64. The van der Waals surface area contributed by atoms with Crippen molar-refractivity contribution in [3.05, 3.63) is 29.9 Å². The molecule has 1 saturated carbocycles. The van der Waals surface area contributed by atoms with E-state index in [9.17, 15) is 13.6 Å². The van der Waals surface area contributed by atoms with E-state index in [-0.39, 0.29) is 24.8 Å². The minimum absolute atomic E-state index is 0.104. The zero-order chi connectivity index (χ0) is 18.5. The van der Waals surface area contributed by atoms with E-state index in [0.717, 1.165) is 0 Å². The topological polar surface area (TPSA) is 87.7 Å². The summed E-state index contributed by atoms with van der Waals surface area (Å²) in [6, 6.07) is 3.77. The molecule has 3 heterocycles. The standard InChI is InChI=1S/C16H13ClF2N6O/c17-14-21-4-1-12(23-14)10-6-22-25(7-10)15(2-3-20)8-24(9-15)13(26)11-5-16(11,18)19/h1,4,6-7,11H,2,5,8-9H2. The van der Waals surface area contributed by atoms with Gasteiger partial charge in [-0.25, -0.2) is 18.7 Å². The first-order valence-electron chi connectivity index (χ1n) is 7.92. The Morgan fingerprint density at radius 2 is 2.19 bits per heavy atom. The molecule has 26 heavy (non-hydrogen) atoms. The largest absolute Gasteiger partial charge is 0.337 e. The zero-order valence-corrected chi connectivity index (χ0v) is 14.2. The molecule has 0 spiro atoms. The van der Waals surface area contributed by atoms with Gasteiger partial charge in [-0.3, -0.25) is 9.48 Å². The summed E-state index contributed by atoms with van der Waals surface area (Å²) in [5.74, 6) is -4.67. The van der Waals surface area contributed by atoms with Crippen molar-refractivity contribution < 1.29 is 13.6 Å². The molecule has 1 aliphatic carbocycles. The van der Waals surface area contributed by atoms with Crippen molar-refractivity contribution in [3.8, 4) is 17.3 Å². The van der Waals surface area contributed by atoms with Crippen LogP contribution in [0.25, 0.3) is 11.3 Å². The minimum Gasteiger partial charge on any atom is -0.337 e. The molecule has 1 amide bonds. The lowest BCUT2D eigenvalue weighted by atomic mass is 9.86. The van der Waals surface area contributed by atoms with E-state index in [2.05, 4.69) is 21.1 Å². The molecule has 1 aliphatic heterocycles. The van der Waals surface area contributed by atoms with Gasteiger partial charge in [0.2, 0.25) is 11.2 Å². The molecular formula is C16H13ClF2N6O. The van der Waals surface area contributed by atoms with Crippen molar-refractivity contribution in [2.75, 3.05) is 13.1 Å². The van der Waals surface area contributed by atoms with Gasteiger partial charge in [-0.05, 0) is 17.7 Å². The highest BCUT2D eigenvalue weighted by molar-refractivity contribution is 6.28. The van der Waals surface area contributed by atoms with E-state index in [1.807, 2.05) is 0 Å². The minimum atomic E-state index is -2.89. The van der Waals surface area contributed by atoms with E-state index in [1.54, 1.807) is 23.1 Å². The predicted molar refractivity (Wildman–Crippen MR) is 86.1 cm³/mol. The average Bonchev–Trinajstić information content (AvgIpc) is 2.97. The molecule has 10 heteroatoms. The van der Waals surface area contributed by atoms with Gasteiger partial charge in [0.05, 0.1) is 24.4 Å². The molecule has 0 N–H and O–H groups in total. The highest BCUT2D eigenvalue weighted by atomic mass is 35.5. The van der Waals surface area contributed by atoms with E-state index in [4.69, 9.17) is 16.9 Å². The van der Waals surface area contributed by atoms with Crippen molar-refractivity contribution in [2.24, 2.45) is 5.92 Å². The lowest BCUT2D eigenvalue weighted by molar-refractivity contribution is -0.146. The zero-order valence-electron chi connectivity index (χ0n) is 13.4. The monoisotopic (exact) mass is 378 g/mol. The number of nitriles is 1. The number of halogens is 3. The van der Waals surface area contributed by atoms with Gasteiger partial charge < -0.3 is 4.90 Å². The molecule has 0 bridgehead atoms. The van der Waals surface area contributed by atoms with Crippen LogP contribution in [0.1, 0.15) is 12.8 Å². The Bertz CT molecular complexity index is 917. The number of carbonyl (C=O) groups excluding carboxylic acids is 1. The number of amides is 1. The third kappa shape index (κ3) is 2.70. The van der Waals surface area contributed by atoms with Crippen LogP contribution in [0.2, 0.25) is 5.28 Å². The molecule has 0 radical (unpaired) electrons. The van der Waals surface area contributed by atoms with Crippen LogP contribution in [0.5, 0.6) is 0 Å². The Morgan fingerprint density at radius 1 is 1.46 bits per heavy atom. The summed E-state index contributed by atoms with van der Waals surface area (Å²) in [5, 5.41) is 13.6. The van der Waals surface area contributed by atoms with Crippen LogP contribution in [-0.4, -0.2) is 49.6 Å². The second-order valence-electron chi connectivity index (χ2n) is 6.66. The first kappa shape index (κ1) is 16.8. The fourth-order valence-electron chi connectivity index (χ4n) is 3.22. The van der Waals surface area contributed by atoms with Gasteiger partial charge >= 0.3 is 0 Å². The molecule has 2 aromatic heterocycles. The molecule has 1 unspecified atom stereocenters. The molecule has 134 valence electrons. The number of aromatic nitrogens is 4. The molecule has 7 nitrogen and oxygen atoms in total. The number of carbonyl (C=O) groups is 1. The Labute approximate surface area is 152 Å². The molecule has 1 saturated heterocycles. The first-order valence-corrected chi connectivity index (χ1v) is 8.30. The SMILES string of the molecule is N#CCC1(n2cc(-c3ccnc(Cl)n3)cn2)CN(C(=O)C2CC2(F)F)C1. The molecule has 2 aliphatic rings. The molecule has 4 rings (SSSR count). The Balaban J connectivity index is 1.54. The van der Waals surface area contributed by atoms with Crippen molar-refractivity contribution in [3.63, 3.8) is 0 Å². The van der Waals surface area contributed by atoms with Crippen LogP contribution in [-0.2, 0) is 10.3 Å². The predicted octanol–water partition coefficient (Wildman–Crippen LogP) is 2.10. The van der Waals surface area contributed by atoms with Crippen LogP contribution in [0.3, 0.4) is 0 Å². The van der Waals surface area contributed by atoms with Crippen molar-refractivity contribution in [1.29, 1.82) is 5.26 Å². The summed E-state index contributed by atoms with van der Waals surface area (Å²) in [7, 11) is 0. The molecule has 2 aromatic rings. The maximum Gasteiger partial charge on any atom is 0.260 e. The van der Waals surface area contributed by atoms with Crippen molar-refractivity contribution in [1.82, 2.24) is 24.6 Å². The van der Waals surface area contributed by atoms with Gasteiger partial charge in [0.25, 0.3) is 5.92 Å². The number of likely N-dealkylation sites (tertiary alicyclic amines) is 1. The lowest BCUT2D eigenvalue weighted by Gasteiger charge is -2.49. The fourth-order valence-corrected chi connectivity index (χ4v) is 3.36. The second kappa shape index (κ2) is 5.71. The maximum atomic E-state index is 13.1. The number of hydrogen-bond donors (Lipinski definition) is 0. The number of rotatable bonds is 4. The van der Waals surface area contributed by atoms with E-state index < -0.39 is 29.7 Å². The number of alkyl halides is 2. The average molecular weight is 379 g/mol. The quantitative estimate of drug-likeness (QED) is 0.760. The molecular weight excluding hydrogens is 366 g/mol.